The summed E-state index contributed by atoms with van der Waals surface area (Å²) < 4.78 is 5.25. The average Bonchev–Trinajstić information content (AvgIpc) is 2.43. The maximum atomic E-state index is 11.6. The number of nitrogens with zero attached hydrogens (tertiary/aromatic N) is 1. The van der Waals surface area contributed by atoms with Gasteiger partial charge >= 0.3 is 6.03 Å². The lowest BCUT2D eigenvalue weighted by Gasteiger charge is -2.26. The summed E-state index contributed by atoms with van der Waals surface area (Å²) in [6.45, 7) is 4.69. The highest BCUT2D eigenvalue weighted by molar-refractivity contribution is 5.90. The van der Waals surface area contributed by atoms with Gasteiger partial charge in [-0.05, 0) is 12.1 Å². The highest BCUT2D eigenvalue weighted by Crippen LogP contribution is 2.20. The summed E-state index contributed by atoms with van der Waals surface area (Å²) >= 11 is 0. The molecule has 1 aliphatic rings. The maximum absolute atomic E-state index is 11.6. The van der Waals surface area contributed by atoms with Gasteiger partial charge < -0.3 is 20.5 Å². The van der Waals surface area contributed by atoms with Crippen LogP contribution in [0.5, 0.6) is 5.75 Å². The number of benzene rings is 1. The third-order valence-corrected chi connectivity index (χ3v) is 2.97. The number of anilines is 1. The molecule has 0 aliphatic carbocycles. The summed E-state index contributed by atoms with van der Waals surface area (Å²) in [5, 5.41) is 14.9. The molecule has 6 heteroatoms. The fourth-order valence-corrected chi connectivity index (χ4v) is 1.90. The number of amides is 2. The summed E-state index contributed by atoms with van der Waals surface area (Å²) in [7, 11) is 0. The lowest BCUT2D eigenvalue weighted by Crippen LogP contribution is -2.42. The number of aromatic hydroxyl groups is 1. The van der Waals surface area contributed by atoms with E-state index in [4.69, 9.17) is 4.74 Å². The van der Waals surface area contributed by atoms with Crippen molar-refractivity contribution in [3.63, 3.8) is 0 Å². The molecular formula is C13H19N3O3. The average molecular weight is 265 g/mol. The van der Waals surface area contributed by atoms with Crippen molar-refractivity contribution in [1.82, 2.24) is 10.2 Å². The van der Waals surface area contributed by atoms with Crippen molar-refractivity contribution in [3.8, 4) is 5.75 Å². The number of ether oxygens (including phenoxy) is 1. The Morgan fingerprint density at radius 2 is 2.05 bits per heavy atom. The van der Waals surface area contributed by atoms with E-state index in [1.54, 1.807) is 18.2 Å². The number of hydrogen-bond donors (Lipinski definition) is 3. The van der Waals surface area contributed by atoms with Crippen LogP contribution in [-0.4, -0.2) is 55.4 Å². The molecule has 2 rings (SSSR count). The van der Waals surface area contributed by atoms with Crippen LogP contribution in [0.4, 0.5) is 10.5 Å². The molecule has 0 aromatic heterocycles. The fourth-order valence-electron chi connectivity index (χ4n) is 1.90. The molecule has 1 aliphatic heterocycles. The Balaban J connectivity index is 1.68. The van der Waals surface area contributed by atoms with E-state index in [1.807, 2.05) is 0 Å². The smallest absolute Gasteiger partial charge is 0.319 e. The van der Waals surface area contributed by atoms with E-state index < -0.39 is 0 Å². The van der Waals surface area contributed by atoms with Gasteiger partial charge in [-0.3, -0.25) is 4.90 Å². The fraction of sp³-hybridized carbons (Fsp3) is 0.462. The van der Waals surface area contributed by atoms with Gasteiger partial charge in [0.15, 0.2) is 0 Å². The van der Waals surface area contributed by atoms with Crippen LogP contribution in [0.25, 0.3) is 0 Å². The standard InChI is InChI=1S/C13H19N3O3/c17-12-4-2-1-3-11(12)15-13(18)14-5-6-16-7-9-19-10-8-16/h1-4,17H,5-10H2,(H2,14,15,18). The van der Waals surface area contributed by atoms with Crippen LogP contribution >= 0.6 is 0 Å². The number of carbonyl (C=O) groups is 1. The second kappa shape index (κ2) is 6.96. The summed E-state index contributed by atoms with van der Waals surface area (Å²) in [5.74, 6) is 0.0610. The number of hydrogen-bond acceptors (Lipinski definition) is 4. The zero-order chi connectivity index (χ0) is 13.5. The van der Waals surface area contributed by atoms with Gasteiger partial charge in [0.2, 0.25) is 0 Å². The third kappa shape index (κ3) is 4.42. The van der Waals surface area contributed by atoms with Gasteiger partial charge in [-0.15, -0.1) is 0 Å². The van der Waals surface area contributed by atoms with E-state index in [9.17, 15) is 9.90 Å². The van der Waals surface area contributed by atoms with Crippen molar-refractivity contribution < 1.29 is 14.6 Å². The number of phenols is 1. The summed E-state index contributed by atoms with van der Waals surface area (Å²) in [4.78, 5) is 13.9. The Labute approximate surface area is 112 Å². The van der Waals surface area contributed by atoms with E-state index in [0.29, 0.717) is 12.2 Å². The topological polar surface area (TPSA) is 73.8 Å². The third-order valence-electron chi connectivity index (χ3n) is 2.97. The van der Waals surface area contributed by atoms with Crippen LogP contribution in [0.1, 0.15) is 0 Å². The molecule has 0 radical (unpaired) electrons. The van der Waals surface area contributed by atoms with Crippen molar-refractivity contribution >= 4 is 11.7 Å². The highest BCUT2D eigenvalue weighted by Gasteiger charge is 2.10. The van der Waals surface area contributed by atoms with Crippen LogP contribution in [0.15, 0.2) is 24.3 Å². The minimum Gasteiger partial charge on any atom is -0.506 e. The second-order valence-corrected chi connectivity index (χ2v) is 4.35. The molecule has 2 amide bonds. The zero-order valence-corrected chi connectivity index (χ0v) is 10.8. The van der Waals surface area contributed by atoms with Crippen LogP contribution in [-0.2, 0) is 4.74 Å². The van der Waals surface area contributed by atoms with Crippen molar-refractivity contribution in [3.05, 3.63) is 24.3 Å². The second-order valence-electron chi connectivity index (χ2n) is 4.35. The molecule has 0 unspecified atom stereocenters. The minimum atomic E-state index is -0.310. The normalized spacial score (nSPS) is 16.0. The van der Waals surface area contributed by atoms with Gasteiger partial charge in [-0.25, -0.2) is 4.79 Å². The quantitative estimate of drug-likeness (QED) is 0.706. The van der Waals surface area contributed by atoms with E-state index in [-0.39, 0.29) is 11.8 Å². The van der Waals surface area contributed by atoms with Crippen LogP contribution in [0, 0.1) is 0 Å². The first-order valence-corrected chi connectivity index (χ1v) is 6.38. The molecule has 0 atom stereocenters. The molecule has 0 spiro atoms. The van der Waals surface area contributed by atoms with Gasteiger partial charge in [0.25, 0.3) is 0 Å². The zero-order valence-electron chi connectivity index (χ0n) is 10.8. The molecule has 104 valence electrons. The molecule has 1 aromatic rings. The lowest BCUT2D eigenvalue weighted by atomic mass is 10.3. The number of para-hydroxylation sites is 2. The van der Waals surface area contributed by atoms with Gasteiger partial charge in [0.1, 0.15) is 5.75 Å². The van der Waals surface area contributed by atoms with Crippen molar-refractivity contribution in [1.29, 1.82) is 0 Å². The van der Waals surface area contributed by atoms with Crippen molar-refractivity contribution in [2.24, 2.45) is 0 Å². The minimum absolute atomic E-state index is 0.0610. The number of urea groups is 1. The first kappa shape index (κ1) is 13.6. The van der Waals surface area contributed by atoms with Crippen molar-refractivity contribution in [2.45, 2.75) is 0 Å². The monoisotopic (exact) mass is 265 g/mol. The first-order valence-electron chi connectivity index (χ1n) is 6.38. The molecule has 1 heterocycles. The molecule has 19 heavy (non-hydrogen) atoms. The molecule has 1 aromatic carbocycles. The number of phenolic OH excluding ortho intramolecular Hbond substituents is 1. The summed E-state index contributed by atoms with van der Waals surface area (Å²) in [5.41, 5.74) is 0.409. The predicted octanol–water partition coefficient (Wildman–Crippen LogP) is 0.846. The highest BCUT2D eigenvalue weighted by atomic mass is 16.5. The molecule has 1 saturated heterocycles. The molecule has 0 saturated carbocycles. The number of rotatable bonds is 4. The lowest BCUT2D eigenvalue weighted by molar-refractivity contribution is 0.0388. The Morgan fingerprint density at radius 1 is 1.32 bits per heavy atom. The Kier molecular flexibility index (Phi) is 5.00. The van der Waals surface area contributed by atoms with Gasteiger partial charge in [0, 0.05) is 26.2 Å². The summed E-state index contributed by atoms with van der Waals surface area (Å²) in [6, 6.07) is 6.33. The predicted molar refractivity (Wildman–Crippen MR) is 72.4 cm³/mol. The molecular weight excluding hydrogens is 246 g/mol. The van der Waals surface area contributed by atoms with Crippen molar-refractivity contribution in [2.75, 3.05) is 44.7 Å². The number of nitrogens with one attached hydrogen (secondary N) is 2. The SMILES string of the molecule is O=C(NCCN1CCOCC1)Nc1ccccc1O. The van der Waals surface area contributed by atoms with E-state index in [1.165, 1.54) is 6.07 Å². The number of morpholine rings is 1. The van der Waals surface area contributed by atoms with Crippen LogP contribution in [0.3, 0.4) is 0 Å². The largest absolute Gasteiger partial charge is 0.506 e. The van der Waals surface area contributed by atoms with Gasteiger partial charge in [-0.2, -0.15) is 0 Å². The Hall–Kier alpha value is -1.79. The van der Waals surface area contributed by atoms with E-state index in [2.05, 4.69) is 15.5 Å². The number of carbonyl (C=O) groups excluding carboxylic acids is 1. The van der Waals surface area contributed by atoms with Gasteiger partial charge in [-0.1, -0.05) is 12.1 Å². The van der Waals surface area contributed by atoms with Gasteiger partial charge in [0.05, 0.1) is 18.9 Å². The Morgan fingerprint density at radius 3 is 2.79 bits per heavy atom. The Bertz CT molecular complexity index is 419. The van der Waals surface area contributed by atoms with Crippen LogP contribution in [0.2, 0.25) is 0 Å². The first-order chi connectivity index (χ1) is 9.25. The van der Waals surface area contributed by atoms with E-state index in [0.717, 1.165) is 32.8 Å². The summed E-state index contributed by atoms with van der Waals surface area (Å²) in [6.07, 6.45) is 0. The van der Waals surface area contributed by atoms with E-state index >= 15 is 0 Å². The molecule has 6 nitrogen and oxygen atoms in total. The molecule has 1 fully saturated rings. The molecule has 3 N–H and O–H groups in total. The van der Waals surface area contributed by atoms with Crippen LogP contribution < -0.4 is 10.6 Å². The molecule has 0 bridgehead atoms. The maximum Gasteiger partial charge on any atom is 0.319 e.